The molecule has 8 heteroatoms. The summed E-state index contributed by atoms with van der Waals surface area (Å²) in [7, 11) is -3.62. The molecule has 0 saturated carbocycles. The molecule has 1 saturated heterocycles. The van der Waals surface area contributed by atoms with Crippen LogP contribution in [-0.2, 0) is 15.0 Å². The predicted molar refractivity (Wildman–Crippen MR) is 74.3 cm³/mol. The van der Waals surface area contributed by atoms with Gasteiger partial charge < -0.3 is 10.2 Å². The summed E-state index contributed by atoms with van der Waals surface area (Å²) in [5, 5.41) is 17.9. The number of carboxylic acid groups (broad SMARTS) is 1. The third-order valence-corrected chi connectivity index (χ3v) is 5.33. The molecule has 1 rings (SSSR count). The van der Waals surface area contributed by atoms with Crippen LogP contribution in [0.1, 0.15) is 33.1 Å². The average Bonchev–Trinajstić information content (AvgIpc) is 2.38. The topological polar surface area (TPSA) is 107 Å². The lowest BCUT2D eigenvalue weighted by atomic mass is 9.99. The molecule has 1 fully saturated rings. The first-order valence-corrected chi connectivity index (χ1v) is 8.33. The van der Waals surface area contributed by atoms with Gasteiger partial charge in [-0.3, -0.25) is 4.79 Å². The van der Waals surface area contributed by atoms with Crippen LogP contribution in [0.4, 0.5) is 0 Å². The Morgan fingerprint density at radius 1 is 1.35 bits per heavy atom. The van der Waals surface area contributed by atoms with Gasteiger partial charge in [-0.2, -0.15) is 17.4 Å². The summed E-state index contributed by atoms with van der Waals surface area (Å²) in [5.74, 6) is -1.25. The van der Waals surface area contributed by atoms with Crippen LogP contribution >= 0.6 is 0 Å². The van der Waals surface area contributed by atoms with Gasteiger partial charge in [0.25, 0.3) is 10.2 Å². The Labute approximate surface area is 120 Å². The fourth-order valence-electron chi connectivity index (χ4n) is 2.28. The Hall–Kier alpha value is -0.700. The van der Waals surface area contributed by atoms with E-state index in [1.54, 1.807) is 0 Å². The summed E-state index contributed by atoms with van der Waals surface area (Å²) in [6.45, 7) is 4.14. The van der Waals surface area contributed by atoms with Crippen LogP contribution in [0.25, 0.3) is 0 Å². The van der Waals surface area contributed by atoms with Crippen LogP contribution in [-0.4, -0.2) is 54.6 Å². The number of aliphatic carboxylic acids is 1. The molecule has 1 aliphatic rings. The quantitative estimate of drug-likeness (QED) is 0.615. The third-order valence-electron chi connectivity index (χ3n) is 3.69. The number of piperidine rings is 1. The van der Waals surface area contributed by atoms with E-state index in [1.165, 1.54) is 4.31 Å². The van der Waals surface area contributed by atoms with Crippen LogP contribution in [0.2, 0.25) is 0 Å². The lowest BCUT2D eigenvalue weighted by Gasteiger charge is -2.31. The summed E-state index contributed by atoms with van der Waals surface area (Å²) >= 11 is 0. The van der Waals surface area contributed by atoms with Crippen LogP contribution in [0.5, 0.6) is 0 Å². The summed E-state index contributed by atoms with van der Waals surface area (Å²) in [6.07, 6.45) is 1.04. The minimum absolute atomic E-state index is 0.0769. The Kier molecular flexibility index (Phi) is 6.38. The number of aliphatic hydroxyl groups is 1. The largest absolute Gasteiger partial charge is 0.481 e. The maximum Gasteiger partial charge on any atom is 0.306 e. The molecule has 3 N–H and O–H groups in total. The maximum atomic E-state index is 12.2. The van der Waals surface area contributed by atoms with Crippen molar-refractivity contribution in [1.82, 2.24) is 9.03 Å². The highest BCUT2D eigenvalue weighted by molar-refractivity contribution is 7.87. The molecule has 0 aromatic rings. The standard InChI is InChI=1S/C12H24N2O5S/c1-9(2)11(5-8-15)13-20(18,19)14-6-3-10(4-7-14)12(16)17/h9-11,13,15H,3-8H2,1-2H3,(H,16,17). The molecule has 0 radical (unpaired) electrons. The van der Waals surface area contributed by atoms with Gasteiger partial charge in [-0.15, -0.1) is 0 Å². The molecule has 1 aliphatic heterocycles. The normalized spacial score (nSPS) is 20.2. The number of carboxylic acids is 1. The second-order valence-electron chi connectivity index (χ2n) is 5.50. The van der Waals surface area contributed by atoms with Crippen molar-refractivity contribution in [2.75, 3.05) is 19.7 Å². The van der Waals surface area contributed by atoms with Crippen LogP contribution in [0, 0.1) is 11.8 Å². The minimum Gasteiger partial charge on any atom is -0.481 e. The molecule has 0 aromatic heterocycles. The predicted octanol–water partition coefficient (Wildman–Crippen LogP) is 0.0244. The molecule has 7 nitrogen and oxygen atoms in total. The number of carbonyl (C=O) groups is 1. The number of hydrogen-bond acceptors (Lipinski definition) is 4. The van der Waals surface area contributed by atoms with Gasteiger partial charge in [-0.1, -0.05) is 13.8 Å². The Balaban J connectivity index is 2.63. The van der Waals surface area contributed by atoms with Crippen LogP contribution < -0.4 is 4.72 Å². The SMILES string of the molecule is CC(C)C(CCO)NS(=O)(=O)N1CCC(C(=O)O)CC1. The zero-order valence-electron chi connectivity index (χ0n) is 11.9. The van der Waals surface area contributed by atoms with Crippen LogP contribution in [0.15, 0.2) is 0 Å². The zero-order chi connectivity index (χ0) is 15.3. The van der Waals surface area contributed by atoms with Crippen LogP contribution in [0.3, 0.4) is 0 Å². The first-order valence-electron chi connectivity index (χ1n) is 6.89. The van der Waals surface area contributed by atoms with Crippen molar-refractivity contribution in [2.24, 2.45) is 11.8 Å². The second kappa shape index (κ2) is 7.35. The average molecular weight is 308 g/mol. The van der Waals surface area contributed by atoms with Gasteiger partial charge in [0.2, 0.25) is 0 Å². The number of rotatable bonds is 7. The molecular formula is C12H24N2O5S. The van der Waals surface area contributed by atoms with E-state index in [9.17, 15) is 13.2 Å². The van der Waals surface area contributed by atoms with E-state index in [2.05, 4.69) is 4.72 Å². The van der Waals surface area contributed by atoms with Gasteiger partial charge in [-0.25, -0.2) is 0 Å². The van der Waals surface area contributed by atoms with Gasteiger partial charge >= 0.3 is 5.97 Å². The van der Waals surface area contributed by atoms with E-state index < -0.39 is 22.1 Å². The molecule has 1 atom stereocenters. The van der Waals surface area contributed by atoms with Gasteiger partial charge in [0.1, 0.15) is 0 Å². The zero-order valence-corrected chi connectivity index (χ0v) is 12.8. The number of hydrogen-bond donors (Lipinski definition) is 3. The summed E-state index contributed by atoms with van der Waals surface area (Å²) in [4.78, 5) is 10.9. The van der Waals surface area contributed by atoms with E-state index in [0.29, 0.717) is 19.3 Å². The lowest BCUT2D eigenvalue weighted by molar-refractivity contribution is -0.142. The van der Waals surface area contributed by atoms with Gasteiger partial charge in [0.05, 0.1) is 5.92 Å². The number of nitrogens with zero attached hydrogens (tertiary/aromatic N) is 1. The lowest BCUT2D eigenvalue weighted by Crippen LogP contribution is -2.50. The smallest absolute Gasteiger partial charge is 0.306 e. The van der Waals surface area contributed by atoms with Gasteiger partial charge in [0, 0.05) is 25.7 Å². The fourth-order valence-corrected chi connectivity index (χ4v) is 3.89. The monoisotopic (exact) mass is 308 g/mol. The fraction of sp³-hybridized carbons (Fsp3) is 0.917. The van der Waals surface area contributed by atoms with Crippen molar-refractivity contribution >= 4 is 16.2 Å². The van der Waals surface area contributed by atoms with E-state index >= 15 is 0 Å². The summed E-state index contributed by atoms with van der Waals surface area (Å²) in [6, 6.07) is -0.317. The molecular weight excluding hydrogens is 284 g/mol. The number of aliphatic hydroxyl groups excluding tert-OH is 1. The van der Waals surface area contributed by atoms with Crippen molar-refractivity contribution in [2.45, 2.75) is 39.2 Å². The van der Waals surface area contributed by atoms with Gasteiger partial charge in [-0.05, 0) is 25.2 Å². The van der Waals surface area contributed by atoms with Crippen molar-refractivity contribution < 1.29 is 23.4 Å². The van der Waals surface area contributed by atoms with E-state index in [0.717, 1.165) is 0 Å². The third kappa shape index (κ3) is 4.69. The summed E-state index contributed by atoms with van der Waals surface area (Å²) < 4.78 is 28.4. The highest BCUT2D eigenvalue weighted by Gasteiger charge is 2.32. The minimum atomic E-state index is -3.62. The van der Waals surface area contributed by atoms with E-state index in [4.69, 9.17) is 10.2 Å². The maximum absolute atomic E-state index is 12.2. The molecule has 0 bridgehead atoms. The molecule has 0 aromatic carbocycles. The van der Waals surface area contributed by atoms with Gasteiger partial charge in [0.15, 0.2) is 0 Å². The molecule has 1 unspecified atom stereocenters. The molecule has 0 spiro atoms. The molecule has 0 aliphatic carbocycles. The molecule has 0 amide bonds. The van der Waals surface area contributed by atoms with E-state index in [1.807, 2.05) is 13.8 Å². The first kappa shape index (κ1) is 17.4. The van der Waals surface area contributed by atoms with Crippen molar-refractivity contribution in [3.05, 3.63) is 0 Å². The van der Waals surface area contributed by atoms with Crippen molar-refractivity contribution in [3.63, 3.8) is 0 Å². The summed E-state index contributed by atoms with van der Waals surface area (Å²) in [5.41, 5.74) is 0. The Bertz CT molecular complexity index is 416. The second-order valence-corrected chi connectivity index (χ2v) is 7.20. The van der Waals surface area contributed by atoms with Crippen molar-refractivity contribution in [1.29, 1.82) is 0 Å². The van der Waals surface area contributed by atoms with Crippen molar-refractivity contribution in [3.8, 4) is 0 Å². The first-order chi connectivity index (χ1) is 9.27. The number of nitrogens with one attached hydrogen (secondary N) is 1. The molecule has 1 heterocycles. The Morgan fingerprint density at radius 2 is 1.90 bits per heavy atom. The highest BCUT2D eigenvalue weighted by Crippen LogP contribution is 2.20. The van der Waals surface area contributed by atoms with E-state index in [-0.39, 0.29) is 31.7 Å². The molecule has 20 heavy (non-hydrogen) atoms. The molecule has 118 valence electrons. The highest BCUT2D eigenvalue weighted by atomic mass is 32.2. The Morgan fingerprint density at radius 3 is 2.30 bits per heavy atom.